The second kappa shape index (κ2) is 7.14. The highest BCUT2D eigenvalue weighted by Gasteiger charge is 2.49. The topological polar surface area (TPSA) is 46.3 Å². The third kappa shape index (κ3) is 3.50. The van der Waals surface area contributed by atoms with Crippen LogP contribution < -0.4 is 5.73 Å². The molecule has 0 spiro atoms. The van der Waals surface area contributed by atoms with Gasteiger partial charge in [-0.25, -0.2) is 8.78 Å². The van der Waals surface area contributed by atoms with Crippen LogP contribution in [0.15, 0.2) is 18.2 Å². The molecule has 23 heavy (non-hydrogen) atoms. The first-order chi connectivity index (χ1) is 10.5. The van der Waals surface area contributed by atoms with Crippen molar-refractivity contribution >= 4 is 18.3 Å². The van der Waals surface area contributed by atoms with Gasteiger partial charge in [0, 0.05) is 36.0 Å². The first-order valence-corrected chi connectivity index (χ1v) is 8.00. The molecule has 2 N–H and O–H groups in total. The minimum Gasteiger partial charge on any atom is -0.338 e. The van der Waals surface area contributed by atoms with Crippen LogP contribution in [0, 0.1) is 17.6 Å². The van der Waals surface area contributed by atoms with E-state index in [0.717, 1.165) is 19.3 Å². The molecule has 4 unspecified atom stereocenters. The van der Waals surface area contributed by atoms with E-state index in [9.17, 15) is 13.6 Å². The molecule has 0 aromatic heterocycles. The van der Waals surface area contributed by atoms with Gasteiger partial charge in [-0.2, -0.15) is 0 Å². The normalized spacial score (nSPS) is 28.0. The number of likely N-dealkylation sites (tertiary alicyclic amines) is 1. The zero-order valence-corrected chi connectivity index (χ0v) is 14.0. The van der Waals surface area contributed by atoms with E-state index in [1.54, 1.807) is 0 Å². The number of hydrogen-bond donors (Lipinski definition) is 1. The Balaban J connectivity index is 0.00000192. The van der Waals surface area contributed by atoms with Crippen molar-refractivity contribution in [2.45, 2.75) is 50.6 Å². The van der Waals surface area contributed by atoms with Crippen molar-refractivity contribution in [3.8, 4) is 0 Å². The fraction of sp³-hybridized carbons (Fsp3) is 0.588. The lowest BCUT2D eigenvalue weighted by atomic mass is 9.96. The first kappa shape index (κ1) is 18.1. The lowest BCUT2D eigenvalue weighted by molar-refractivity contribution is -0.136. The maximum absolute atomic E-state index is 13.8. The van der Waals surface area contributed by atoms with Crippen LogP contribution in [-0.2, 0) is 4.79 Å². The lowest BCUT2D eigenvalue weighted by Crippen LogP contribution is -2.52. The highest BCUT2D eigenvalue weighted by Crippen LogP contribution is 2.50. The van der Waals surface area contributed by atoms with Gasteiger partial charge in [0.25, 0.3) is 0 Å². The van der Waals surface area contributed by atoms with Crippen LogP contribution in [-0.4, -0.2) is 29.4 Å². The maximum atomic E-state index is 13.8. The van der Waals surface area contributed by atoms with Crippen molar-refractivity contribution in [2.75, 3.05) is 6.54 Å². The Morgan fingerprint density at radius 2 is 1.96 bits per heavy atom. The largest absolute Gasteiger partial charge is 0.338 e. The molecule has 1 amide bonds. The van der Waals surface area contributed by atoms with Crippen molar-refractivity contribution < 1.29 is 13.6 Å². The molecule has 128 valence electrons. The summed E-state index contributed by atoms with van der Waals surface area (Å²) in [5.41, 5.74) is 6.06. The zero-order valence-electron chi connectivity index (χ0n) is 13.2. The van der Waals surface area contributed by atoms with Crippen LogP contribution in [0.1, 0.15) is 44.1 Å². The monoisotopic (exact) mass is 344 g/mol. The molecular formula is C17H23ClF2N2O. The maximum Gasteiger partial charge on any atom is 0.226 e. The molecule has 1 saturated heterocycles. The summed E-state index contributed by atoms with van der Waals surface area (Å²) < 4.78 is 27.7. The van der Waals surface area contributed by atoms with Gasteiger partial charge in [0.05, 0.1) is 0 Å². The van der Waals surface area contributed by atoms with Gasteiger partial charge < -0.3 is 10.6 Å². The van der Waals surface area contributed by atoms with E-state index < -0.39 is 11.6 Å². The number of benzene rings is 1. The van der Waals surface area contributed by atoms with Gasteiger partial charge in [-0.3, -0.25) is 4.79 Å². The van der Waals surface area contributed by atoms with Crippen LogP contribution >= 0.6 is 12.4 Å². The van der Waals surface area contributed by atoms with Gasteiger partial charge in [-0.15, -0.1) is 12.4 Å². The molecule has 1 aliphatic carbocycles. The second-order valence-electron chi connectivity index (χ2n) is 6.54. The average molecular weight is 345 g/mol. The predicted molar refractivity (Wildman–Crippen MR) is 87.5 cm³/mol. The molecule has 0 bridgehead atoms. The Kier molecular flexibility index (Phi) is 5.63. The van der Waals surface area contributed by atoms with Gasteiger partial charge >= 0.3 is 0 Å². The summed E-state index contributed by atoms with van der Waals surface area (Å²) in [5.74, 6) is -1.73. The highest BCUT2D eigenvalue weighted by molar-refractivity contribution is 5.85. The standard InChI is InChI=1S/C17H22F2N2O.ClH/c1-10(20)15-7-2-3-8-21(15)17(22)12-9-11(12)16-13(18)5-4-6-14(16)19;/h4-6,10-12,15H,2-3,7-9,20H2,1H3;1H. The van der Waals surface area contributed by atoms with Crippen molar-refractivity contribution in [1.29, 1.82) is 0 Å². The number of carbonyl (C=O) groups is 1. The summed E-state index contributed by atoms with van der Waals surface area (Å²) >= 11 is 0. The third-order valence-corrected chi connectivity index (χ3v) is 4.92. The van der Waals surface area contributed by atoms with E-state index in [1.165, 1.54) is 18.2 Å². The number of hydrogen-bond acceptors (Lipinski definition) is 2. The fourth-order valence-electron chi connectivity index (χ4n) is 3.64. The SMILES string of the molecule is CC(N)C1CCCCN1C(=O)C1CC1c1c(F)cccc1F.Cl. The molecule has 0 radical (unpaired) electrons. The third-order valence-electron chi connectivity index (χ3n) is 4.92. The summed E-state index contributed by atoms with van der Waals surface area (Å²) in [6, 6.07) is 3.83. The van der Waals surface area contributed by atoms with Gasteiger partial charge in [0.2, 0.25) is 5.91 Å². The van der Waals surface area contributed by atoms with Crippen LogP contribution in [0.2, 0.25) is 0 Å². The molecule has 1 saturated carbocycles. The molecule has 1 aromatic carbocycles. The summed E-state index contributed by atoms with van der Waals surface area (Å²) in [4.78, 5) is 14.6. The van der Waals surface area contributed by atoms with Gasteiger partial charge in [-0.1, -0.05) is 6.07 Å². The van der Waals surface area contributed by atoms with Crippen molar-refractivity contribution in [1.82, 2.24) is 4.90 Å². The van der Waals surface area contributed by atoms with E-state index in [-0.39, 0.29) is 47.8 Å². The minimum absolute atomic E-state index is 0. The zero-order chi connectivity index (χ0) is 15.9. The average Bonchev–Trinajstić information content (AvgIpc) is 3.26. The van der Waals surface area contributed by atoms with Gasteiger partial charge in [0.1, 0.15) is 11.6 Å². The summed E-state index contributed by atoms with van der Waals surface area (Å²) in [6.07, 6.45) is 3.49. The van der Waals surface area contributed by atoms with Crippen LogP contribution in [0.4, 0.5) is 8.78 Å². The Labute approximate surface area is 141 Å². The number of amides is 1. The molecule has 4 atom stereocenters. The van der Waals surface area contributed by atoms with Crippen molar-refractivity contribution in [3.05, 3.63) is 35.4 Å². The van der Waals surface area contributed by atoms with Gasteiger partial charge in [-0.05, 0) is 44.7 Å². The Morgan fingerprint density at radius 1 is 1.30 bits per heavy atom. The molecule has 1 aliphatic heterocycles. The Hall–Kier alpha value is -1.20. The van der Waals surface area contributed by atoms with E-state index in [4.69, 9.17) is 5.73 Å². The van der Waals surface area contributed by atoms with Crippen LogP contribution in [0.3, 0.4) is 0 Å². The molecule has 3 rings (SSSR count). The molecule has 2 aliphatic rings. The van der Waals surface area contributed by atoms with E-state index >= 15 is 0 Å². The van der Waals surface area contributed by atoms with Gasteiger partial charge in [0.15, 0.2) is 0 Å². The van der Waals surface area contributed by atoms with Crippen molar-refractivity contribution in [3.63, 3.8) is 0 Å². The molecule has 2 fully saturated rings. The van der Waals surface area contributed by atoms with E-state index in [1.807, 2.05) is 11.8 Å². The van der Waals surface area contributed by atoms with Crippen LogP contribution in [0.25, 0.3) is 0 Å². The number of rotatable bonds is 3. The number of halogens is 3. The molecule has 1 aromatic rings. The smallest absolute Gasteiger partial charge is 0.226 e. The quantitative estimate of drug-likeness (QED) is 0.915. The predicted octanol–water partition coefficient (Wildman–Crippen LogP) is 3.22. The Morgan fingerprint density at radius 3 is 2.57 bits per heavy atom. The molecule has 1 heterocycles. The second-order valence-corrected chi connectivity index (χ2v) is 6.54. The molecule has 6 heteroatoms. The summed E-state index contributed by atoms with van der Waals surface area (Å²) in [7, 11) is 0. The van der Waals surface area contributed by atoms with E-state index in [0.29, 0.717) is 13.0 Å². The summed E-state index contributed by atoms with van der Waals surface area (Å²) in [6.45, 7) is 2.62. The number of carbonyl (C=O) groups excluding carboxylic acids is 1. The number of nitrogens with zero attached hydrogens (tertiary/aromatic N) is 1. The molecular weight excluding hydrogens is 322 g/mol. The molecule has 3 nitrogen and oxygen atoms in total. The van der Waals surface area contributed by atoms with Crippen molar-refractivity contribution in [2.24, 2.45) is 11.7 Å². The summed E-state index contributed by atoms with van der Waals surface area (Å²) in [5, 5.41) is 0. The minimum atomic E-state index is -0.553. The first-order valence-electron chi connectivity index (χ1n) is 8.00. The fourth-order valence-corrected chi connectivity index (χ4v) is 3.64. The lowest BCUT2D eigenvalue weighted by Gasteiger charge is -2.38. The Bertz CT molecular complexity index is 561. The number of nitrogens with two attached hydrogens (primary N) is 1. The van der Waals surface area contributed by atoms with Crippen LogP contribution in [0.5, 0.6) is 0 Å². The highest BCUT2D eigenvalue weighted by atomic mass is 35.5. The van der Waals surface area contributed by atoms with E-state index in [2.05, 4.69) is 0 Å². The number of piperidine rings is 1.